The van der Waals surface area contributed by atoms with Crippen molar-refractivity contribution in [2.45, 2.75) is 13.0 Å². The second-order valence-electron chi connectivity index (χ2n) is 7.09. The molecule has 0 spiro atoms. The number of hydrogen-bond acceptors (Lipinski definition) is 5. The van der Waals surface area contributed by atoms with Crippen molar-refractivity contribution in [1.29, 1.82) is 0 Å². The van der Waals surface area contributed by atoms with E-state index in [1.54, 1.807) is 18.7 Å². The first-order chi connectivity index (χ1) is 15.1. The largest absolute Gasteiger partial charge is 0.497 e. The Balaban J connectivity index is 1.56. The molecule has 0 saturated heterocycles. The highest BCUT2D eigenvalue weighted by atomic mass is 16.5. The predicted octanol–water partition coefficient (Wildman–Crippen LogP) is 3.43. The van der Waals surface area contributed by atoms with Crippen LogP contribution in [0.3, 0.4) is 0 Å². The van der Waals surface area contributed by atoms with Gasteiger partial charge in [-0.2, -0.15) is 0 Å². The first-order valence-corrected chi connectivity index (χ1v) is 9.76. The molecule has 31 heavy (non-hydrogen) atoms. The van der Waals surface area contributed by atoms with E-state index in [0.29, 0.717) is 23.9 Å². The molecular weight excluding hydrogens is 394 g/mol. The standard InChI is InChI=1S/C24H21N3O4/c1-31-20-8-5-17(6-9-20)18-4-2-3-16(13-18)11-12-27-15-25-22-10-7-19(23(28)26-30)14-21(22)24(27)29/h2-10,13-15,30H,11-12H2,1H3,(H,26,28). The van der Waals surface area contributed by atoms with E-state index in [1.165, 1.54) is 23.0 Å². The van der Waals surface area contributed by atoms with Crippen molar-refractivity contribution in [2.24, 2.45) is 0 Å². The molecule has 0 aliphatic rings. The number of hydroxylamine groups is 1. The molecule has 4 aromatic rings. The van der Waals surface area contributed by atoms with Gasteiger partial charge in [0.15, 0.2) is 0 Å². The van der Waals surface area contributed by atoms with Gasteiger partial charge in [-0.15, -0.1) is 0 Å². The topological polar surface area (TPSA) is 93.5 Å². The molecular formula is C24H21N3O4. The Kier molecular flexibility index (Phi) is 5.77. The van der Waals surface area contributed by atoms with Crippen molar-refractivity contribution < 1.29 is 14.7 Å². The molecule has 1 heterocycles. The number of aromatic nitrogens is 2. The lowest BCUT2D eigenvalue weighted by atomic mass is 10.0. The van der Waals surface area contributed by atoms with Crippen LogP contribution in [0.1, 0.15) is 15.9 Å². The number of fused-ring (bicyclic) bond motifs is 1. The third-order valence-corrected chi connectivity index (χ3v) is 5.18. The Morgan fingerprint density at radius 1 is 1.06 bits per heavy atom. The fourth-order valence-corrected chi connectivity index (χ4v) is 3.46. The van der Waals surface area contributed by atoms with Gasteiger partial charge in [0.1, 0.15) is 5.75 Å². The quantitative estimate of drug-likeness (QED) is 0.372. The highest BCUT2D eigenvalue weighted by molar-refractivity contribution is 5.97. The maximum Gasteiger partial charge on any atom is 0.274 e. The number of aryl methyl sites for hydroxylation is 2. The molecule has 4 rings (SSSR count). The number of amides is 1. The lowest BCUT2D eigenvalue weighted by molar-refractivity contribution is 0.0706. The Bertz CT molecular complexity index is 1300. The lowest BCUT2D eigenvalue weighted by Gasteiger charge is -2.09. The van der Waals surface area contributed by atoms with E-state index in [4.69, 9.17) is 9.94 Å². The number of carbonyl (C=O) groups excluding carboxylic acids is 1. The van der Waals surface area contributed by atoms with Crippen molar-refractivity contribution in [1.82, 2.24) is 15.0 Å². The smallest absolute Gasteiger partial charge is 0.274 e. The molecule has 0 radical (unpaired) electrons. The number of carbonyl (C=O) groups is 1. The van der Waals surface area contributed by atoms with Gasteiger partial charge < -0.3 is 4.74 Å². The summed E-state index contributed by atoms with van der Waals surface area (Å²) in [6.45, 7) is 0.449. The van der Waals surface area contributed by atoms with Gasteiger partial charge in [0.05, 0.1) is 24.3 Å². The van der Waals surface area contributed by atoms with Gasteiger partial charge in [-0.3, -0.25) is 19.4 Å². The number of ether oxygens (including phenoxy) is 1. The van der Waals surface area contributed by atoms with Crippen LogP contribution in [-0.4, -0.2) is 27.8 Å². The molecule has 156 valence electrons. The summed E-state index contributed by atoms with van der Waals surface area (Å²) in [5.41, 5.74) is 5.30. The summed E-state index contributed by atoms with van der Waals surface area (Å²) in [6.07, 6.45) is 2.16. The van der Waals surface area contributed by atoms with Crippen LogP contribution in [0.5, 0.6) is 5.75 Å². The molecule has 2 N–H and O–H groups in total. The van der Waals surface area contributed by atoms with Gasteiger partial charge in [0, 0.05) is 12.1 Å². The third-order valence-electron chi connectivity index (χ3n) is 5.18. The van der Waals surface area contributed by atoms with E-state index in [2.05, 4.69) is 11.1 Å². The average Bonchev–Trinajstić information content (AvgIpc) is 2.83. The van der Waals surface area contributed by atoms with Crippen LogP contribution in [0.4, 0.5) is 0 Å². The molecule has 0 fully saturated rings. The Morgan fingerprint density at radius 2 is 1.87 bits per heavy atom. The summed E-state index contributed by atoms with van der Waals surface area (Å²) < 4.78 is 6.74. The summed E-state index contributed by atoms with van der Waals surface area (Å²) in [4.78, 5) is 28.8. The molecule has 7 heteroatoms. The molecule has 0 atom stereocenters. The van der Waals surface area contributed by atoms with Crippen molar-refractivity contribution in [3.63, 3.8) is 0 Å². The number of nitrogens with zero attached hydrogens (tertiary/aromatic N) is 2. The van der Waals surface area contributed by atoms with Crippen LogP contribution < -0.4 is 15.8 Å². The lowest BCUT2D eigenvalue weighted by Crippen LogP contribution is -2.23. The monoisotopic (exact) mass is 415 g/mol. The highest BCUT2D eigenvalue weighted by Gasteiger charge is 2.10. The summed E-state index contributed by atoms with van der Waals surface area (Å²) in [5, 5.41) is 9.15. The molecule has 3 aromatic carbocycles. The minimum atomic E-state index is -0.674. The second-order valence-corrected chi connectivity index (χ2v) is 7.09. The number of hydrogen-bond donors (Lipinski definition) is 2. The van der Waals surface area contributed by atoms with Crippen LogP contribution in [0.15, 0.2) is 77.9 Å². The number of methoxy groups -OCH3 is 1. The summed E-state index contributed by atoms with van der Waals surface area (Å²) in [5.74, 6) is 0.134. The van der Waals surface area contributed by atoms with E-state index < -0.39 is 5.91 Å². The molecule has 0 aliphatic heterocycles. The van der Waals surface area contributed by atoms with Crippen LogP contribution in [0.2, 0.25) is 0 Å². The SMILES string of the molecule is COc1ccc(-c2cccc(CCn3cnc4ccc(C(=O)NO)cc4c3=O)c2)cc1. The normalized spacial score (nSPS) is 10.8. The fourth-order valence-electron chi connectivity index (χ4n) is 3.46. The van der Waals surface area contributed by atoms with Crippen molar-refractivity contribution in [3.8, 4) is 16.9 Å². The first kappa shape index (κ1) is 20.3. The predicted molar refractivity (Wildman–Crippen MR) is 117 cm³/mol. The Hall–Kier alpha value is -3.97. The van der Waals surface area contributed by atoms with Crippen LogP contribution >= 0.6 is 0 Å². The summed E-state index contributed by atoms with van der Waals surface area (Å²) in [6, 6.07) is 20.6. The van der Waals surface area contributed by atoms with Gasteiger partial charge in [-0.05, 0) is 53.4 Å². The van der Waals surface area contributed by atoms with Crippen LogP contribution in [0, 0.1) is 0 Å². The number of benzene rings is 3. The van der Waals surface area contributed by atoms with Gasteiger partial charge in [0.25, 0.3) is 11.5 Å². The van der Waals surface area contributed by atoms with Gasteiger partial charge in [0.2, 0.25) is 0 Å². The van der Waals surface area contributed by atoms with Gasteiger partial charge >= 0.3 is 0 Å². The zero-order valence-electron chi connectivity index (χ0n) is 16.9. The van der Waals surface area contributed by atoms with E-state index in [9.17, 15) is 9.59 Å². The van der Waals surface area contributed by atoms with E-state index in [0.717, 1.165) is 22.4 Å². The van der Waals surface area contributed by atoms with Crippen molar-refractivity contribution in [2.75, 3.05) is 7.11 Å². The summed E-state index contributed by atoms with van der Waals surface area (Å²) >= 11 is 0. The van der Waals surface area contributed by atoms with E-state index >= 15 is 0 Å². The van der Waals surface area contributed by atoms with Gasteiger partial charge in [-0.25, -0.2) is 10.5 Å². The van der Waals surface area contributed by atoms with Crippen molar-refractivity contribution >= 4 is 16.8 Å². The van der Waals surface area contributed by atoms with Gasteiger partial charge in [-0.1, -0.05) is 36.4 Å². The third kappa shape index (κ3) is 4.31. The fraction of sp³-hybridized carbons (Fsp3) is 0.125. The molecule has 0 unspecified atom stereocenters. The average molecular weight is 415 g/mol. The van der Waals surface area contributed by atoms with Crippen molar-refractivity contribution in [3.05, 3.63) is 94.5 Å². The second kappa shape index (κ2) is 8.81. The molecule has 7 nitrogen and oxygen atoms in total. The molecule has 1 amide bonds. The molecule has 0 aliphatic carbocycles. The maximum absolute atomic E-state index is 12.9. The van der Waals surface area contributed by atoms with E-state index in [1.807, 2.05) is 42.5 Å². The first-order valence-electron chi connectivity index (χ1n) is 9.76. The number of nitrogens with one attached hydrogen (secondary N) is 1. The van der Waals surface area contributed by atoms with E-state index in [-0.39, 0.29) is 11.1 Å². The number of rotatable bonds is 6. The zero-order chi connectivity index (χ0) is 21.8. The minimum absolute atomic E-state index is 0.193. The van der Waals surface area contributed by atoms with Crippen LogP contribution in [0.25, 0.3) is 22.0 Å². The summed E-state index contributed by atoms with van der Waals surface area (Å²) in [7, 11) is 1.64. The zero-order valence-corrected chi connectivity index (χ0v) is 16.9. The molecule has 1 aromatic heterocycles. The Labute approximate surface area is 178 Å². The Morgan fingerprint density at radius 3 is 2.61 bits per heavy atom. The highest BCUT2D eigenvalue weighted by Crippen LogP contribution is 2.23. The molecule has 0 saturated carbocycles. The van der Waals surface area contributed by atoms with Crippen LogP contribution in [-0.2, 0) is 13.0 Å². The maximum atomic E-state index is 12.9. The minimum Gasteiger partial charge on any atom is -0.497 e. The molecule has 0 bridgehead atoms.